The number of aliphatic hydroxyl groups is 4. The number of nitrogens with one attached hydrogen (secondary N) is 2. The lowest BCUT2D eigenvalue weighted by Gasteiger charge is -2.38. The Morgan fingerprint density at radius 3 is 2.28 bits per heavy atom. The van der Waals surface area contributed by atoms with E-state index >= 15 is 4.39 Å². The SMILES string of the molecule is Cc1c(CCOc2c(-c3ccc4ncc(CN(C)C(=O)OCc5ccc(O[C@@H]6C[C@H](C(=O)O)[C@@H](O)[C@H](O)[C@H]6O)c(NC(=O)CCNC(=O)OC6c7ccccc7-c7ccccc76)c5)n4c3)ccc(F)c2F)c(C(O)C(C)(C)C)nn1C.O. The van der Waals surface area contributed by atoms with Gasteiger partial charge in [-0.2, -0.15) is 9.49 Å². The predicted molar refractivity (Wildman–Crippen MR) is 293 cm³/mol. The summed E-state index contributed by atoms with van der Waals surface area (Å²) in [5.41, 5.74) is 7.08. The van der Waals surface area contributed by atoms with Crippen LogP contribution in [0.1, 0.15) is 85.2 Å². The molecule has 1 unspecified atom stereocenters. The number of fused-ring (bicyclic) bond motifs is 4. The molecule has 2 aliphatic rings. The van der Waals surface area contributed by atoms with Crippen molar-refractivity contribution in [1.82, 2.24) is 29.4 Å². The van der Waals surface area contributed by atoms with E-state index in [4.69, 9.17) is 18.9 Å². The normalized spacial score (nSPS) is 17.9. The number of amides is 3. The van der Waals surface area contributed by atoms with Crippen molar-refractivity contribution in [2.24, 2.45) is 18.4 Å². The highest BCUT2D eigenvalue weighted by molar-refractivity contribution is 5.93. The van der Waals surface area contributed by atoms with E-state index < -0.39 is 90.1 Å². The molecule has 0 aliphatic heterocycles. The number of carbonyl (C=O) groups excluding carboxylic acids is 3. The molecule has 2 aliphatic carbocycles. The monoisotopic (exact) mass is 1130 g/mol. The lowest BCUT2D eigenvalue weighted by Crippen LogP contribution is -2.57. The highest BCUT2D eigenvalue weighted by Gasteiger charge is 2.47. The van der Waals surface area contributed by atoms with Gasteiger partial charge in [-0.15, -0.1) is 0 Å². The van der Waals surface area contributed by atoms with Crippen LogP contribution in [0.15, 0.2) is 103 Å². The van der Waals surface area contributed by atoms with E-state index in [9.17, 15) is 49.1 Å². The summed E-state index contributed by atoms with van der Waals surface area (Å²) in [6, 6.07) is 25.3. The molecule has 23 heteroatoms. The number of carboxylic acids is 1. The van der Waals surface area contributed by atoms with Crippen LogP contribution in [0.5, 0.6) is 11.5 Å². The number of benzene rings is 4. The number of aliphatic hydroxyl groups excluding tert-OH is 4. The summed E-state index contributed by atoms with van der Waals surface area (Å²) in [4.78, 5) is 57.9. The molecule has 3 aromatic heterocycles. The number of pyridine rings is 1. The predicted octanol–water partition coefficient (Wildman–Crippen LogP) is 6.73. The van der Waals surface area contributed by atoms with E-state index in [1.165, 1.54) is 36.2 Å². The molecule has 21 nitrogen and oxygen atoms in total. The Hall–Kier alpha value is -8.48. The maximum absolute atomic E-state index is 15.6. The van der Waals surface area contributed by atoms with Crippen molar-refractivity contribution >= 4 is 35.4 Å². The van der Waals surface area contributed by atoms with E-state index in [0.717, 1.165) is 39.6 Å². The van der Waals surface area contributed by atoms with Crippen LogP contribution in [0.4, 0.5) is 24.1 Å². The molecule has 434 valence electrons. The fourth-order valence-electron chi connectivity index (χ4n) is 10.1. The van der Waals surface area contributed by atoms with Crippen molar-refractivity contribution in [3.8, 4) is 33.8 Å². The summed E-state index contributed by atoms with van der Waals surface area (Å²) >= 11 is 0. The van der Waals surface area contributed by atoms with Crippen LogP contribution in [-0.4, -0.2) is 124 Å². The van der Waals surface area contributed by atoms with Crippen molar-refractivity contribution in [3.05, 3.63) is 154 Å². The van der Waals surface area contributed by atoms with Crippen LogP contribution in [0.25, 0.3) is 27.9 Å². The number of aromatic nitrogens is 4. The smallest absolute Gasteiger partial charge is 0.410 e. The van der Waals surface area contributed by atoms with Gasteiger partial charge in [-0.05, 0) is 65.4 Å². The first-order valence-electron chi connectivity index (χ1n) is 26.2. The Labute approximate surface area is 470 Å². The number of ether oxygens (including phenoxy) is 4. The highest BCUT2D eigenvalue weighted by Crippen LogP contribution is 2.45. The van der Waals surface area contributed by atoms with Crippen molar-refractivity contribution in [2.75, 3.05) is 25.5 Å². The largest absolute Gasteiger partial charge is 0.489 e. The van der Waals surface area contributed by atoms with Gasteiger partial charge in [-0.25, -0.2) is 19.0 Å². The van der Waals surface area contributed by atoms with Gasteiger partial charge in [0, 0.05) is 79.6 Å². The molecule has 1 fully saturated rings. The molecule has 9 N–H and O–H groups in total. The number of rotatable bonds is 18. The van der Waals surface area contributed by atoms with Gasteiger partial charge in [-0.3, -0.25) is 14.3 Å². The second-order valence-electron chi connectivity index (χ2n) is 21.3. The third kappa shape index (κ3) is 12.5. The molecular weight excluding hydrogens is 1070 g/mol. The van der Waals surface area contributed by atoms with Gasteiger partial charge in [0.25, 0.3) is 0 Å². The Morgan fingerprint density at radius 2 is 1.60 bits per heavy atom. The number of carbonyl (C=O) groups is 4. The number of imidazole rings is 1. The summed E-state index contributed by atoms with van der Waals surface area (Å²) < 4.78 is 57.4. The van der Waals surface area contributed by atoms with E-state index in [2.05, 4.69) is 20.7 Å². The minimum Gasteiger partial charge on any atom is -0.489 e. The molecule has 6 atom stereocenters. The van der Waals surface area contributed by atoms with Gasteiger partial charge < -0.3 is 69.9 Å². The first kappa shape index (κ1) is 59.6. The molecule has 4 aromatic carbocycles. The van der Waals surface area contributed by atoms with E-state index in [1.807, 2.05) is 76.2 Å². The average Bonchev–Trinajstić information content (AvgIpc) is 4.30. The van der Waals surface area contributed by atoms with Gasteiger partial charge in [-0.1, -0.05) is 75.4 Å². The number of anilines is 1. The molecule has 3 heterocycles. The van der Waals surface area contributed by atoms with Crippen molar-refractivity contribution < 1.29 is 77.9 Å². The Bertz CT molecular complexity index is 3460. The maximum Gasteiger partial charge on any atom is 0.410 e. The number of hydrogen-bond donors (Lipinski definition) is 7. The van der Waals surface area contributed by atoms with Crippen molar-refractivity contribution in [2.45, 2.75) is 96.7 Å². The van der Waals surface area contributed by atoms with Gasteiger partial charge in [0.1, 0.15) is 42.4 Å². The fraction of sp³-hybridized carbons (Fsp3) is 0.356. The van der Waals surface area contributed by atoms with Gasteiger partial charge in [0.15, 0.2) is 17.7 Å². The molecule has 0 saturated heterocycles. The quantitative estimate of drug-likeness (QED) is 0.0469. The minimum atomic E-state index is -1.87. The van der Waals surface area contributed by atoms with Crippen LogP contribution in [0.3, 0.4) is 0 Å². The first-order chi connectivity index (χ1) is 38.6. The number of halogens is 2. The molecule has 7 aromatic rings. The van der Waals surface area contributed by atoms with E-state index in [0.29, 0.717) is 28.2 Å². The number of aliphatic carboxylic acids is 1. The first-order valence-corrected chi connectivity index (χ1v) is 26.2. The summed E-state index contributed by atoms with van der Waals surface area (Å²) in [5, 5.41) is 62.5. The number of nitrogens with zero attached hydrogens (tertiary/aromatic N) is 5. The van der Waals surface area contributed by atoms with E-state index in [1.54, 1.807) is 40.7 Å². The topological polar surface area (TPSA) is 300 Å². The molecule has 0 spiro atoms. The number of hydrogen-bond acceptors (Lipinski definition) is 14. The average molecular weight is 1130 g/mol. The zero-order valence-corrected chi connectivity index (χ0v) is 45.8. The fourth-order valence-corrected chi connectivity index (χ4v) is 10.1. The molecule has 1 saturated carbocycles. The van der Waals surface area contributed by atoms with Crippen molar-refractivity contribution in [1.29, 1.82) is 0 Å². The van der Waals surface area contributed by atoms with Crippen LogP contribution in [0, 0.1) is 29.9 Å². The lowest BCUT2D eigenvalue weighted by molar-refractivity contribution is -0.174. The number of aryl methyl sites for hydroxylation is 1. The van der Waals surface area contributed by atoms with Crippen LogP contribution in [-0.2, 0) is 45.7 Å². The maximum atomic E-state index is 15.6. The highest BCUT2D eigenvalue weighted by atomic mass is 19.2. The van der Waals surface area contributed by atoms with Crippen molar-refractivity contribution in [3.63, 3.8) is 0 Å². The molecule has 9 rings (SSSR count). The zero-order chi connectivity index (χ0) is 58.0. The standard InChI is InChI=1S/C59H63F2N7O13.H2O/c1-31-35(49(65-67(31)6)55(73)59(2,3)4)22-24-78-54-36(17-18-42(60)48(54)61)33-16-20-46-63-27-34(68(46)28-33)29-66(5)58(77)79-30-32-15-19-44(80-45-26-41(56(74)75)50(70)52(72)51(45)71)43(25-32)64-47(69)21-23-62-57(76)81-53-39-13-9-7-11-37(39)38-12-8-10-14-40(38)53;/h7-20,25,27-28,41,45,50-53,55,70-73H,21-24,26,29-30H2,1-6H3,(H,62,76)(H,64,69)(H,74,75);1H2/t41-,45+,50+,51-,52-,55?;/m0./s1. The van der Waals surface area contributed by atoms with Gasteiger partial charge >= 0.3 is 18.2 Å². The summed E-state index contributed by atoms with van der Waals surface area (Å²) in [5.74, 6) is -6.18. The van der Waals surface area contributed by atoms with Gasteiger partial charge in [0.05, 0.1) is 48.4 Å². The van der Waals surface area contributed by atoms with Gasteiger partial charge in [0.2, 0.25) is 11.7 Å². The number of alkyl carbamates (subject to hydrolysis) is 1. The summed E-state index contributed by atoms with van der Waals surface area (Å²) in [6.07, 6.45) is -7.01. The van der Waals surface area contributed by atoms with Crippen LogP contribution < -0.4 is 20.1 Å². The minimum absolute atomic E-state index is 0. The zero-order valence-electron chi connectivity index (χ0n) is 45.8. The molecule has 3 amide bonds. The molecule has 0 bridgehead atoms. The third-order valence-corrected chi connectivity index (χ3v) is 14.7. The Morgan fingerprint density at radius 1 is 0.902 bits per heavy atom. The molecule has 82 heavy (non-hydrogen) atoms. The van der Waals surface area contributed by atoms with Crippen LogP contribution >= 0.6 is 0 Å². The Balaban J connectivity index is 0.00000880. The Kier molecular flexibility index (Phi) is 18.0. The second-order valence-corrected chi connectivity index (χ2v) is 21.3. The van der Waals surface area contributed by atoms with E-state index in [-0.39, 0.29) is 67.4 Å². The second kappa shape index (κ2) is 24.7. The summed E-state index contributed by atoms with van der Waals surface area (Å²) in [7, 11) is 3.26. The van der Waals surface area contributed by atoms with Crippen LogP contribution in [0.2, 0.25) is 0 Å². The number of carboxylic acid groups (broad SMARTS) is 1. The summed E-state index contributed by atoms with van der Waals surface area (Å²) in [6.45, 7) is 6.95. The molecular formula is C59H65F2N7O14. The third-order valence-electron chi connectivity index (χ3n) is 14.7. The molecule has 0 radical (unpaired) electrons. The lowest BCUT2D eigenvalue weighted by atomic mass is 9.80.